The van der Waals surface area contributed by atoms with Crippen LogP contribution in [0.4, 0.5) is 24.5 Å². The van der Waals surface area contributed by atoms with E-state index in [1.165, 1.54) is 12.3 Å². The number of hydrogen-bond donors (Lipinski definition) is 3. The minimum Gasteiger partial charge on any atom is -0.496 e. The number of carbonyl (C=O) groups excluding carboxylic acids is 1. The van der Waals surface area contributed by atoms with Crippen LogP contribution in [0.1, 0.15) is 33.0 Å². The molecule has 1 aliphatic heterocycles. The molecule has 13 heteroatoms. The Labute approximate surface area is 208 Å². The van der Waals surface area contributed by atoms with Crippen LogP contribution in [0.3, 0.4) is 0 Å². The highest BCUT2D eigenvalue weighted by molar-refractivity contribution is 6.04. The van der Waals surface area contributed by atoms with Gasteiger partial charge in [0.25, 0.3) is 5.91 Å². The van der Waals surface area contributed by atoms with Gasteiger partial charge in [0, 0.05) is 18.1 Å². The number of ether oxygens (including phenoxy) is 1. The van der Waals surface area contributed by atoms with Gasteiger partial charge in [0.05, 0.1) is 65.3 Å². The number of benzene rings is 1. The number of anilines is 2. The van der Waals surface area contributed by atoms with Gasteiger partial charge in [-0.15, -0.1) is 5.53 Å². The SMILES string of the molecule is COc1ccc(NC(=O)c2cnc(C)c(N3C=C(c4cnc5cnc(C)cn45)NN3)c2)cc1C(F)(F)F. The van der Waals surface area contributed by atoms with E-state index < -0.39 is 17.6 Å². The number of hydrazine groups is 2. The van der Waals surface area contributed by atoms with Gasteiger partial charge in [-0.05, 0) is 38.1 Å². The second-order valence-corrected chi connectivity index (χ2v) is 8.25. The Balaban J connectivity index is 1.40. The lowest BCUT2D eigenvalue weighted by Gasteiger charge is -2.18. The van der Waals surface area contributed by atoms with Crippen LogP contribution in [0.5, 0.6) is 5.75 Å². The third kappa shape index (κ3) is 4.63. The number of hydrogen-bond acceptors (Lipinski definition) is 8. The number of amides is 1. The molecule has 0 saturated heterocycles. The second kappa shape index (κ2) is 9.09. The number of halogens is 3. The molecule has 3 aromatic heterocycles. The first-order valence-corrected chi connectivity index (χ1v) is 11.0. The fourth-order valence-corrected chi connectivity index (χ4v) is 3.86. The molecule has 4 heterocycles. The first kappa shape index (κ1) is 24.1. The van der Waals surface area contributed by atoms with Crippen LogP contribution in [0.15, 0.2) is 55.3 Å². The monoisotopic (exact) mass is 510 g/mol. The summed E-state index contributed by atoms with van der Waals surface area (Å²) in [4.78, 5) is 25.8. The average Bonchev–Trinajstić information content (AvgIpc) is 3.50. The molecule has 3 N–H and O–H groups in total. The summed E-state index contributed by atoms with van der Waals surface area (Å²) in [6, 6.07) is 4.90. The molecule has 0 bridgehead atoms. The Morgan fingerprint density at radius 1 is 1.08 bits per heavy atom. The first-order chi connectivity index (χ1) is 17.6. The van der Waals surface area contributed by atoms with Crippen LogP contribution in [0, 0.1) is 13.8 Å². The van der Waals surface area contributed by atoms with E-state index in [2.05, 4.69) is 31.2 Å². The maximum atomic E-state index is 13.4. The molecule has 0 radical (unpaired) electrons. The van der Waals surface area contributed by atoms with E-state index >= 15 is 0 Å². The Morgan fingerprint density at radius 3 is 2.65 bits per heavy atom. The molecule has 1 amide bonds. The van der Waals surface area contributed by atoms with Crippen LogP contribution in [-0.2, 0) is 6.18 Å². The highest BCUT2D eigenvalue weighted by Crippen LogP contribution is 2.37. The number of methoxy groups -OCH3 is 1. The zero-order chi connectivity index (χ0) is 26.3. The summed E-state index contributed by atoms with van der Waals surface area (Å²) >= 11 is 0. The van der Waals surface area contributed by atoms with Crippen molar-refractivity contribution in [3.8, 4) is 5.75 Å². The third-order valence-corrected chi connectivity index (χ3v) is 5.71. The van der Waals surface area contributed by atoms with Crippen molar-refractivity contribution in [2.45, 2.75) is 20.0 Å². The van der Waals surface area contributed by atoms with Crippen molar-refractivity contribution in [1.82, 2.24) is 30.3 Å². The molecule has 1 aromatic carbocycles. The lowest BCUT2D eigenvalue weighted by molar-refractivity contribution is -0.138. The molecular weight excluding hydrogens is 489 g/mol. The maximum absolute atomic E-state index is 13.4. The number of aryl methyl sites for hydroxylation is 2. The number of pyridine rings is 1. The summed E-state index contributed by atoms with van der Waals surface area (Å²) in [6.07, 6.45) is 3.75. The zero-order valence-corrected chi connectivity index (χ0v) is 19.9. The van der Waals surface area contributed by atoms with Crippen molar-refractivity contribution >= 4 is 28.6 Å². The van der Waals surface area contributed by atoms with Crippen molar-refractivity contribution < 1.29 is 22.7 Å². The molecule has 37 heavy (non-hydrogen) atoms. The van der Waals surface area contributed by atoms with Gasteiger partial charge in [-0.3, -0.25) is 29.6 Å². The van der Waals surface area contributed by atoms with Crippen molar-refractivity contribution in [3.63, 3.8) is 0 Å². The van der Waals surface area contributed by atoms with Crippen LogP contribution in [0.25, 0.3) is 11.3 Å². The van der Waals surface area contributed by atoms with Crippen molar-refractivity contribution in [2.75, 3.05) is 17.4 Å². The number of fused-ring (bicyclic) bond motifs is 1. The molecule has 0 unspecified atom stereocenters. The summed E-state index contributed by atoms with van der Waals surface area (Å²) in [5.41, 5.74) is 9.42. The predicted molar refractivity (Wildman–Crippen MR) is 129 cm³/mol. The third-order valence-electron chi connectivity index (χ3n) is 5.71. The quantitative estimate of drug-likeness (QED) is 0.372. The van der Waals surface area contributed by atoms with Gasteiger partial charge >= 0.3 is 6.18 Å². The van der Waals surface area contributed by atoms with E-state index in [-0.39, 0.29) is 17.0 Å². The number of aromatic nitrogens is 4. The Morgan fingerprint density at radius 2 is 1.89 bits per heavy atom. The minimum atomic E-state index is -4.64. The summed E-state index contributed by atoms with van der Waals surface area (Å²) in [7, 11) is 1.15. The molecule has 1 aliphatic rings. The number of imidazole rings is 1. The molecule has 10 nitrogen and oxygen atoms in total. The maximum Gasteiger partial charge on any atom is 0.420 e. The van der Waals surface area contributed by atoms with E-state index in [4.69, 9.17) is 4.74 Å². The summed E-state index contributed by atoms with van der Waals surface area (Å²) in [5.74, 6) is -0.953. The van der Waals surface area contributed by atoms with Crippen LogP contribution in [-0.4, -0.2) is 32.4 Å². The molecule has 0 saturated carbocycles. The van der Waals surface area contributed by atoms with Gasteiger partial charge in [0.15, 0.2) is 5.65 Å². The number of rotatable bonds is 5. The Hall–Kier alpha value is -4.65. The fourth-order valence-electron chi connectivity index (χ4n) is 3.86. The molecular formula is C24H21F3N8O2. The molecule has 0 fully saturated rings. The second-order valence-electron chi connectivity index (χ2n) is 8.25. The van der Waals surface area contributed by atoms with Crippen LogP contribution >= 0.6 is 0 Å². The number of alkyl halides is 3. The Kier molecular flexibility index (Phi) is 5.91. The van der Waals surface area contributed by atoms with Gasteiger partial charge in [0.1, 0.15) is 5.75 Å². The summed E-state index contributed by atoms with van der Waals surface area (Å²) in [5, 5.41) is 4.14. The highest BCUT2D eigenvalue weighted by atomic mass is 19.4. The Bertz CT molecular complexity index is 1550. The van der Waals surface area contributed by atoms with Crippen molar-refractivity contribution in [3.05, 3.63) is 83.5 Å². The van der Waals surface area contributed by atoms with E-state index in [1.54, 1.807) is 36.6 Å². The van der Waals surface area contributed by atoms with Crippen molar-refractivity contribution in [2.24, 2.45) is 0 Å². The highest BCUT2D eigenvalue weighted by Gasteiger charge is 2.34. The first-order valence-electron chi connectivity index (χ1n) is 11.0. The standard InChI is InChI=1S/C24H21F3N8O2/c1-13-11-34-20(9-30-22(34)10-28-13)18-12-35(33-32-18)19-6-15(8-29-14(19)2)23(36)31-16-4-5-21(37-3)17(7-16)24(25,26)27/h4-12,32-33H,1-3H3,(H,31,36). The van der Waals surface area contributed by atoms with Gasteiger partial charge in [0.2, 0.25) is 0 Å². The van der Waals surface area contributed by atoms with Gasteiger partial charge in [-0.2, -0.15) is 13.2 Å². The normalized spacial score (nSPS) is 13.5. The zero-order valence-electron chi connectivity index (χ0n) is 19.9. The van der Waals surface area contributed by atoms with E-state index in [1.807, 2.05) is 17.5 Å². The lowest BCUT2D eigenvalue weighted by Crippen LogP contribution is -2.37. The minimum absolute atomic E-state index is 0.0270. The summed E-state index contributed by atoms with van der Waals surface area (Å²) < 4.78 is 46.7. The lowest BCUT2D eigenvalue weighted by atomic mass is 10.1. The number of nitrogens with one attached hydrogen (secondary N) is 3. The van der Waals surface area contributed by atoms with E-state index in [0.717, 1.165) is 30.6 Å². The molecule has 5 rings (SSSR count). The largest absolute Gasteiger partial charge is 0.496 e. The van der Waals surface area contributed by atoms with Crippen LogP contribution < -0.4 is 26.0 Å². The van der Waals surface area contributed by atoms with E-state index in [9.17, 15) is 18.0 Å². The molecule has 0 aliphatic carbocycles. The number of carbonyl (C=O) groups is 1. The van der Waals surface area contributed by atoms with Crippen LogP contribution in [0.2, 0.25) is 0 Å². The topological polar surface area (TPSA) is 109 Å². The molecule has 4 aromatic rings. The summed E-state index contributed by atoms with van der Waals surface area (Å²) in [6.45, 7) is 3.65. The average molecular weight is 510 g/mol. The fraction of sp³-hybridized carbons (Fsp3) is 0.167. The molecule has 190 valence electrons. The molecule has 0 spiro atoms. The number of nitrogens with zero attached hydrogens (tertiary/aromatic N) is 5. The smallest absolute Gasteiger partial charge is 0.420 e. The van der Waals surface area contributed by atoms with Gasteiger partial charge < -0.3 is 10.1 Å². The van der Waals surface area contributed by atoms with Gasteiger partial charge in [-0.1, -0.05) is 0 Å². The molecule has 0 atom stereocenters. The predicted octanol–water partition coefficient (Wildman–Crippen LogP) is 3.85. The van der Waals surface area contributed by atoms with Gasteiger partial charge in [-0.25, -0.2) is 4.98 Å². The van der Waals surface area contributed by atoms with Crippen molar-refractivity contribution in [1.29, 1.82) is 0 Å². The van der Waals surface area contributed by atoms with E-state index in [0.29, 0.717) is 22.7 Å².